The third-order valence-corrected chi connectivity index (χ3v) is 14.4. The largest absolute Gasteiger partial charge is 0.458 e. The molecule has 0 saturated heterocycles. The molecule has 0 aromatic heterocycles. The smallest absolute Gasteiger partial charge is 0.408 e. The molecule has 4 N–H and O–H groups in total. The number of fused-ring (bicyclic) bond motifs is 5. The van der Waals surface area contributed by atoms with Gasteiger partial charge in [0.25, 0.3) is 0 Å². The number of carbonyl (C=O) groups excluding carboxylic acids is 6. The van der Waals surface area contributed by atoms with Crippen LogP contribution in [-0.2, 0) is 42.9 Å². The first kappa shape index (κ1) is 49.3. The molecule has 0 radical (unpaired) electrons. The van der Waals surface area contributed by atoms with Gasteiger partial charge in [-0.15, -0.1) is 0 Å². The van der Waals surface area contributed by atoms with Crippen molar-refractivity contribution < 1.29 is 67.8 Å². The van der Waals surface area contributed by atoms with E-state index >= 15 is 4.79 Å². The number of ketones is 1. The Kier molecular flexibility index (Phi) is 14.1. The molecule has 2 aromatic rings. The highest BCUT2D eigenvalue weighted by atomic mass is 16.6. The molecule has 1 amide bonds. The SMILES string of the molecule is CCCCCC(=O)O[C@@H](C(=O)O[C@H]1C[C@@]2(O)[C@@H](OC(=O)c3ccccc3)C3[C@](C)(C(=O)[C@H](O)C(=C1C)C2(C)C)[C@@H](O)C[C@H]1CC[C@@]31OC(C)=O)[C@@H](NC(=O)OC(C)(C)C)c1ccccc1. The van der Waals surface area contributed by atoms with Gasteiger partial charge in [0.2, 0.25) is 6.10 Å². The van der Waals surface area contributed by atoms with Crippen LogP contribution in [0, 0.1) is 22.7 Å². The van der Waals surface area contributed by atoms with Gasteiger partial charge in [-0.1, -0.05) is 82.1 Å². The van der Waals surface area contributed by atoms with Crippen LogP contribution in [0.4, 0.5) is 4.79 Å². The Morgan fingerprint density at radius 1 is 0.923 bits per heavy atom. The fourth-order valence-electron chi connectivity index (χ4n) is 10.9. The molecule has 15 heteroatoms. The standard InChI is InChI=1S/C50H65NO14/c1-10-11-14-23-35(54)62-39(37(30-19-15-12-16-20-30)51-45(59)65-46(4,5)6)44(58)61-33-27-50(60)42(63-43(57)31-21-17-13-18-22-31)40-48(9,41(56)38(55)36(28(33)2)47(50,7)8)34(53)26-32-24-25-49(32,40)64-29(3)52/h12-13,15-22,32-34,37-40,42,53,55,60H,10-11,14,23-27H2,1-9H3,(H,51,59)/t32-,33+,34+,37+,38-,39-,40?,42+,48-,49+,50-/m1/s1. The number of benzene rings is 2. The molecule has 2 aromatic carbocycles. The first-order valence-electron chi connectivity index (χ1n) is 22.7. The van der Waals surface area contributed by atoms with Gasteiger partial charge in [-0.05, 0) is 89.1 Å². The van der Waals surface area contributed by atoms with E-state index in [-0.39, 0.29) is 36.0 Å². The summed E-state index contributed by atoms with van der Waals surface area (Å²) in [5, 5.41) is 40.9. The van der Waals surface area contributed by atoms with Gasteiger partial charge in [0.05, 0.1) is 23.0 Å². The highest BCUT2D eigenvalue weighted by Gasteiger charge is 2.77. The quantitative estimate of drug-likeness (QED) is 0.0740. The summed E-state index contributed by atoms with van der Waals surface area (Å²) in [6.45, 7) is 14.3. The molecule has 65 heavy (non-hydrogen) atoms. The monoisotopic (exact) mass is 903 g/mol. The zero-order chi connectivity index (χ0) is 47.9. The Morgan fingerprint density at radius 2 is 1.55 bits per heavy atom. The van der Waals surface area contributed by atoms with Gasteiger partial charge in [0.15, 0.2) is 5.78 Å². The lowest BCUT2D eigenvalue weighted by atomic mass is 9.41. The van der Waals surface area contributed by atoms with Crippen molar-refractivity contribution in [3.05, 3.63) is 82.9 Å². The molecular weight excluding hydrogens is 839 g/mol. The van der Waals surface area contributed by atoms with Crippen LogP contribution in [0.2, 0.25) is 0 Å². The minimum atomic E-state index is -2.34. The average molecular weight is 904 g/mol. The van der Waals surface area contributed by atoms with Crippen molar-refractivity contribution in [2.75, 3.05) is 0 Å². The molecule has 4 aliphatic rings. The molecule has 354 valence electrons. The predicted molar refractivity (Wildman–Crippen MR) is 235 cm³/mol. The summed E-state index contributed by atoms with van der Waals surface area (Å²) in [7, 11) is 0. The maximum absolute atomic E-state index is 15.2. The number of alkyl carbamates (subject to hydrolysis) is 1. The number of hydrogen-bond donors (Lipinski definition) is 4. The van der Waals surface area contributed by atoms with Crippen LogP contribution in [0.3, 0.4) is 0 Å². The normalized spacial score (nSPS) is 31.2. The van der Waals surface area contributed by atoms with Crippen molar-refractivity contribution in [3.8, 4) is 0 Å². The first-order valence-corrected chi connectivity index (χ1v) is 22.7. The van der Waals surface area contributed by atoms with Gasteiger partial charge in [-0.2, -0.15) is 0 Å². The van der Waals surface area contributed by atoms with Crippen LogP contribution in [-0.4, -0.2) is 98.4 Å². The second-order valence-electron chi connectivity index (χ2n) is 19.9. The highest BCUT2D eigenvalue weighted by molar-refractivity contribution is 5.94. The number of ether oxygens (including phenoxy) is 5. The van der Waals surface area contributed by atoms with Crippen LogP contribution in [0.1, 0.15) is 136 Å². The van der Waals surface area contributed by atoms with Gasteiger partial charge in [0, 0.05) is 31.1 Å². The van der Waals surface area contributed by atoms with E-state index in [1.807, 2.05) is 6.92 Å². The Morgan fingerprint density at radius 3 is 2.12 bits per heavy atom. The van der Waals surface area contributed by atoms with Crippen LogP contribution in [0.25, 0.3) is 0 Å². The minimum absolute atomic E-state index is 0.0245. The summed E-state index contributed by atoms with van der Waals surface area (Å²) in [6, 6.07) is 14.9. The van der Waals surface area contributed by atoms with Crippen LogP contribution in [0.5, 0.6) is 0 Å². The summed E-state index contributed by atoms with van der Waals surface area (Å²) in [4.78, 5) is 84.4. The minimum Gasteiger partial charge on any atom is -0.458 e. The van der Waals surface area contributed by atoms with Crippen molar-refractivity contribution in [1.82, 2.24) is 5.32 Å². The molecule has 4 aliphatic carbocycles. The summed E-state index contributed by atoms with van der Waals surface area (Å²) in [5.74, 6) is -6.28. The van der Waals surface area contributed by atoms with E-state index in [1.54, 1.807) is 83.1 Å². The van der Waals surface area contributed by atoms with Gasteiger partial charge >= 0.3 is 30.0 Å². The second kappa shape index (κ2) is 18.6. The lowest BCUT2D eigenvalue weighted by Crippen LogP contribution is -2.78. The van der Waals surface area contributed by atoms with Crippen molar-refractivity contribution in [3.63, 3.8) is 0 Å². The lowest BCUT2D eigenvalue weighted by molar-refractivity contribution is -0.296. The third kappa shape index (κ3) is 9.20. The summed E-state index contributed by atoms with van der Waals surface area (Å²) in [6.07, 6.45) is -7.29. The van der Waals surface area contributed by atoms with Crippen molar-refractivity contribution in [1.29, 1.82) is 0 Å². The van der Waals surface area contributed by atoms with E-state index < -0.39 is 118 Å². The Hall–Kier alpha value is -5.12. The Bertz CT molecular complexity index is 2170. The fraction of sp³-hybridized carbons (Fsp3) is 0.600. The van der Waals surface area contributed by atoms with Gasteiger partial charge in [0.1, 0.15) is 41.2 Å². The van der Waals surface area contributed by atoms with Gasteiger partial charge < -0.3 is 44.3 Å². The third-order valence-electron chi connectivity index (χ3n) is 14.4. The van der Waals surface area contributed by atoms with E-state index in [0.717, 1.165) is 6.42 Å². The van der Waals surface area contributed by atoms with E-state index in [2.05, 4.69) is 5.32 Å². The van der Waals surface area contributed by atoms with Crippen LogP contribution in [0.15, 0.2) is 71.8 Å². The van der Waals surface area contributed by atoms with Gasteiger partial charge in [-0.25, -0.2) is 14.4 Å². The molecule has 3 saturated carbocycles. The second-order valence-corrected chi connectivity index (χ2v) is 19.9. The molecule has 3 fully saturated rings. The van der Waals surface area contributed by atoms with Crippen molar-refractivity contribution >= 4 is 35.8 Å². The number of nitrogens with one attached hydrogen (secondary N) is 1. The number of carbonyl (C=O) groups is 6. The zero-order valence-corrected chi connectivity index (χ0v) is 38.9. The zero-order valence-electron chi connectivity index (χ0n) is 38.9. The maximum atomic E-state index is 15.2. The van der Waals surface area contributed by atoms with E-state index in [9.17, 15) is 39.3 Å². The van der Waals surface area contributed by atoms with Crippen molar-refractivity contribution in [2.24, 2.45) is 22.7 Å². The van der Waals surface area contributed by atoms with Crippen molar-refractivity contribution in [2.45, 2.75) is 167 Å². The molecule has 0 heterocycles. The number of amides is 1. The molecule has 0 spiro atoms. The molecule has 11 atom stereocenters. The number of esters is 4. The van der Waals surface area contributed by atoms with E-state index in [0.29, 0.717) is 24.8 Å². The Labute approximate surface area is 380 Å². The highest BCUT2D eigenvalue weighted by Crippen LogP contribution is 2.67. The number of aliphatic hydroxyl groups is 3. The van der Waals surface area contributed by atoms with Gasteiger partial charge in [-0.3, -0.25) is 14.4 Å². The number of unbranched alkanes of at least 4 members (excludes halogenated alkanes) is 2. The fourth-order valence-corrected chi connectivity index (χ4v) is 10.9. The number of rotatable bonds is 13. The number of aliphatic hydroxyl groups excluding tert-OH is 2. The maximum Gasteiger partial charge on any atom is 0.408 e. The molecule has 2 bridgehead atoms. The molecule has 6 rings (SSSR count). The molecule has 1 unspecified atom stereocenters. The molecular formula is C50H65NO14. The Balaban J connectivity index is 1.52. The summed E-state index contributed by atoms with van der Waals surface area (Å²) < 4.78 is 30.4. The topological polar surface area (TPSA) is 221 Å². The van der Waals surface area contributed by atoms with E-state index in [4.69, 9.17) is 23.7 Å². The first-order chi connectivity index (χ1) is 30.4. The van der Waals surface area contributed by atoms with E-state index in [1.165, 1.54) is 32.9 Å². The number of Topliss-reactive ketones (excluding diaryl/α,β-unsaturated/α-hetero) is 1. The van der Waals surface area contributed by atoms with Crippen LogP contribution < -0.4 is 5.32 Å². The number of hydrogen-bond acceptors (Lipinski definition) is 14. The summed E-state index contributed by atoms with van der Waals surface area (Å²) in [5.41, 5.74) is -7.81. The molecule has 0 aliphatic heterocycles. The molecule has 15 nitrogen and oxygen atoms in total. The predicted octanol–water partition coefficient (Wildman–Crippen LogP) is 6.40. The summed E-state index contributed by atoms with van der Waals surface area (Å²) >= 11 is 0. The van der Waals surface area contributed by atoms with Crippen LogP contribution >= 0.6 is 0 Å². The lowest BCUT2D eigenvalue weighted by Gasteiger charge is -2.68. The average Bonchev–Trinajstić information content (AvgIpc) is 3.23.